The van der Waals surface area contributed by atoms with Crippen LogP contribution >= 0.6 is 0 Å². The summed E-state index contributed by atoms with van der Waals surface area (Å²) in [6.45, 7) is 3.66. The largest absolute Gasteiger partial charge is 0.378 e. The molecule has 0 bridgehead atoms. The van der Waals surface area contributed by atoms with Crippen LogP contribution in [-0.2, 0) is 9.53 Å². The van der Waals surface area contributed by atoms with Crippen molar-refractivity contribution in [2.24, 2.45) is 0 Å². The van der Waals surface area contributed by atoms with E-state index in [2.05, 4.69) is 10.3 Å². The molecule has 1 N–H and O–H groups in total. The number of nitrogens with zero attached hydrogens (tertiary/aromatic N) is 2. The minimum Gasteiger partial charge on any atom is -0.378 e. The van der Waals surface area contributed by atoms with E-state index in [0.717, 1.165) is 0 Å². The number of aromatic nitrogens is 1. The van der Waals surface area contributed by atoms with Crippen LogP contribution in [0.1, 0.15) is 25.8 Å². The number of nitriles is 1. The quantitative estimate of drug-likeness (QED) is 0.859. The van der Waals surface area contributed by atoms with Crippen LogP contribution in [0, 0.1) is 11.3 Å². The van der Waals surface area contributed by atoms with E-state index in [1.165, 1.54) is 6.20 Å². The average Bonchev–Trinajstić information content (AvgIpc) is 2.29. The van der Waals surface area contributed by atoms with Gasteiger partial charge in [-0.1, -0.05) is 0 Å². The molecule has 0 aliphatic rings. The molecule has 1 heterocycles. The summed E-state index contributed by atoms with van der Waals surface area (Å²) in [4.78, 5) is 15.6. The topological polar surface area (TPSA) is 75.0 Å². The molecule has 1 aromatic heterocycles. The summed E-state index contributed by atoms with van der Waals surface area (Å²) >= 11 is 0. The van der Waals surface area contributed by atoms with Gasteiger partial charge in [0.05, 0.1) is 17.6 Å². The summed E-state index contributed by atoms with van der Waals surface area (Å²) in [5.41, 5.74) is -0.0448. The predicted octanol–water partition coefficient (Wildman–Crippen LogP) is 1.71. The first kappa shape index (κ1) is 13.1. The molecule has 17 heavy (non-hydrogen) atoms. The van der Waals surface area contributed by atoms with Crippen LogP contribution in [0.25, 0.3) is 0 Å². The van der Waals surface area contributed by atoms with Crippen molar-refractivity contribution in [3.63, 3.8) is 0 Å². The zero-order chi connectivity index (χ0) is 12.9. The lowest BCUT2D eigenvalue weighted by Crippen LogP contribution is -2.29. The summed E-state index contributed by atoms with van der Waals surface area (Å²) < 4.78 is 5.16. The van der Waals surface area contributed by atoms with Gasteiger partial charge in [0.1, 0.15) is 11.9 Å². The molecule has 1 rings (SSSR count). The number of amides is 1. The first-order valence-electron chi connectivity index (χ1n) is 5.18. The first-order chi connectivity index (χ1) is 7.96. The number of pyridine rings is 1. The number of hydrogen-bond acceptors (Lipinski definition) is 4. The monoisotopic (exact) mass is 233 g/mol. The Morgan fingerprint density at radius 3 is 2.76 bits per heavy atom. The second-order valence-electron chi connectivity index (χ2n) is 4.23. The Labute approximate surface area is 100 Å². The molecule has 0 aliphatic heterocycles. The molecule has 0 saturated heterocycles. The molecule has 5 nitrogen and oxygen atoms in total. The van der Waals surface area contributed by atoms with Crippen LogP contribution in [0.15, 0.2) is 18.3 Å². The van der Waals surface area contributed by atoms with E-state index in [1.807, 2.05) is 19.9 Å². The molecule has 0 fully saturated rings. The molecule has 0 spiro atoms. The minimum atomic E-state index is -0.503. The first-order valence-corrected chi connectivity index (χ1v) is 5.18. The van der Waals surface area contributed by atoms with Crippen molar-refractivity contribution in [2.45, 2.75) is 25.9 Å². The lowest BCUT2D eigenvalue weighted by atomic mass is 10.1. The number of hydrogen-bond donors (Lipinski definition) is 1. The number of carbonyl (C=O) groups excluding carboxylic acids is 1. The fourth-order valence-electron chi connectivity index (χ4n) is 1.18. The van der Waals surface area contributed by atoms with Crippen LogP contribution in [0.4, 0.5) is 5.82 Å². The van der Waals surface area contributed by atoms with Gasteiger partial charge in [-0.2, -0.15) is 5.26 Å². The number of carbonyl (C=O) groups is 1. The maximum Gasteiger partial charge on any atom is 0.228 e. The Kier molecular flexibility index (Phi) is 4.18. The van der Waals surface area contributed by atoms with Gasteiger partial charge in [-0.15, -0.1) is 0 Å². The normalized spacial score (nSPS) is 10.7. The summed E-state index contributed by atoms with van der Waals surface area (Å²) in [5, 5.41) is 11.2. The summed E-state index contributed by atoms with van der Waals surface area (Å²) in [6, 6.07) is 5.15. The van der Waals surface area contributed by atoms with Crippen molar-refractivity contribution in [2.75, 3.05) is 12.4 Å². The van der Waals surface area contributed by atoms with E-state index in [-0.39, 0.29) is 12.3 Å². The van der Waals surface area contributed by atoms with Crippen molar-refractivity contribution in [1.29, 1.82) is 5.26 Å². The fourth-order valence-corrected chi connectivity index (χ4v) is 1.18. The lowest BCUT2D eigenvalue weighted by Gasteiger charge is -2.21. The van der Waals surface area contributed by atoms with Crippen molar-refractivity contribution in [3.05, 3.63) is 23.9 Å². The highest BCUT2D eigenvalue weighted by Crippen LogP contribution is 2.14. The molecule has 0 saturated carbocycles. The third-order valence-electron chi connectivity index (χ3n) is 2.30. The second-order valence-corrected chi connectivity index (χ2v) is 4.23. The van der Waals surface area contributed by atoms with E-state index in [1.54, 1.807) is 19.2 Å². The zero-order valence-electron chi connectivity index (χ0n) is 10.2. The van der Waals surface area contributed by atoms with Crippen LogP contribution in [-0.4, -0.2) is 23.6 Å². The molecule has 0 aromatic carbocycles. The van der Waals surface area contributed by atoms with E-state index in [9.17, 15) is 4.79 Å². The Morgan fingerprint density at radius 2 is 2.29 bits per heavy atom. The van der Waals surface area contributed by atoms with Crippen molar-refractivity contribution in [3.8, 4) is 6.07 Å². The summed E-state index contributed by atoms with van der Waals surface area (Å²) in [6.07, 6.45) is 1.66. The second kappa shape index (κ2) is 5.41. The van der Waals surface area contributed by atoms with Gasteiger partial charge in [-0.25, -0.2) is 4.98 Å². The Bertz CT molecular complexity index is 432. The van der Waals surface area contributed by atoms with E-state index >= 15 is 0 Å². The van der Waals surface area contributed by atoms with Gasteiger partial charge in [0.15, 0.2) is 0 Å². The van der Waals surface area contributed by atoms with E-state index in [0.29, 0.717) is 11.4 Å². The smallest absolute Gasteiger partial charge is 0.228 e. The number of methoxy groups -OCH3 is 1. The van der Waals surface area contributed by atoms with Crippen LogP contribution in [0.5, 0.6) is 0 Å². The van der Waals surface area contributed by atoms with Gasteiger partial charge >= 0.3 is 0 Å². The minimum absolute atomic E-state index is 0.172. The number of ether oxygens (including phenoxy) is 1. The molecule has 1 aromatic rings. The van der Waals surface area contributed by atoms with Crippen LogP contribution < -0.4 is 5.32 Å². The molecular formula is C12H15N3O2. The van der Waals surface area contributed by atoms with Crippen molar-refractivity contribution < 1.29 is 9.53 Å². The molecule has 0 radical (unpaired) electrons. The van der Waals surface area contributed by atoms with E-state index < -0.39 is 5.60 Å². The third-order valence-corrected chi connectivity index (χ3v) is 2.30. The Hall–Kier alpha value is -1.93. The zero-order valence-corrected chi connectivity index (χ0v) is 10.2. The standard InChI is InChI=1S/C12H15N3O2/c1-12(2,17-3)6-11(16)15-10-5-4-9(7-13)8-14-10/h4-5,8H,6H2,1-3H3,(H,14,15,16). The summed E-state index contributed by atoms with van der Waals surface area (Å²) in [5.74, 6) is 0.259. The van der Waals surface area contributed by atoms with Gasteiger partial charge in [0.2, 0.25) is 5.91 Å². The SMILES string of the molecule is COC(C)(C)CC(=O)Nc1ccc(C#N)cn1. The fraction of sp³-hybridized carbons (Fsp3) is 0.417. The molecule has 0 unspecified atom stereocenters. The maximum atomic E-state index is 11.6. The van der Waals surface area contributed by atoms with Gasteiger partial charge in [0.25, 0.3) is 0 Å². The maximum absolute atomic E-state index is 11.6. The number of rotatable bonds is 4. The molecule has 90 valence electrons. The van der Waals surface area contributed by atoms with Crippen LogP contribution in [0.2, 0.25) is 0 Å². The number of anilines is 1. The lowest BCUT2D eigenvalue weighted by molar-refractivity contribution is -0.121. The molecule has 0 aliphatic carbocycles. The molecule has 1 amide bonds. The van der Waals surface area contributed by atoms with Gasteiger partial charge in [-0.3, -0.25) is 4.79 Å². The average molecular weight is 233 g/mol. The third kappa shape index (κ3) is 4.21. The highest BCUT2D eigenvalue weighted by atomic mass is 16.5. The number of nitrogens with one attached hydrogen (secondary N) is 1. The molecule has 5 heteroatoms. The Balaban J connectivity index is 2.60. The van der Waals surface area contributed by atoms with E-state index in [4.69, 9.17) is 10.00 Å². The van der Waals surface area contributed by atoms with Gasteiger partial charge in [-0.05, 0) is 26.0 Å². The highest BCUT2D eigenvalue weighted by molar-refractivity contribution is 5.90. The molecule has 0 atom stereocenters. The van der Waals surface area contributed by atoms with Crippen LogP contribution in [0.3, 0.4) is 0 Å². The predicted molar refractivity (Wildman–Crippen MR) is 63.3 cm³/mol. The summed E-state index contributed by atoms with van der Waals surface area (Å²) in [7, 11) is 1.56. The Morgan fingerprint density at radius 1 is 1.59 bits per heavy atom. The van der Waals surface area contributed by atoms with Gasteiger partial charge in [0, 0.05) is 13.3 Å². The highest BCUT2D eigenvalue weighted by Gasteiger charge is 2.21. The van der Waals surface area contributed by atoms with Crippen molar-refractivity contribution in [1.82, 2.24) is 4.98 Å². The molecular weight excluding hydrogens is 218 g/mol. The van der Waals surface area contributed by atoms with Gasteiger partial charge < -0.3 is 10.1 Å². The van der Waals surface area contributed by atoms with Crippen molar-refractivity contribution >= 4 is 11.7 Å².